The standard InChI is InChI=1S/C39H48N10O3/c1-45(2)38(52)33-23-27-24-41-39(44-36(27)49(33)29-7-3-4-8-29)42-34-12-10-31(25-40-34)48-20-18-47(19-21-48)28-14-16-46(17-15-28)30-9-5-6-26(22-30)32-11-13-35(50)43-37(32)51/h5-6,9-10,12,22-25,28-29,32H,3-4,7-8,11,13-21H2,1-2H3,(H,43,50,51)(H,40,41,42,44). The van der Waals surface area contributed by atoms with E-state index < -0.39 is 0 Å². The number of aromatic nitrogens is 4. The van der Waals surface area contributed by atoms with Crippen LogP contribution in [-0.4, -0.2) is 106 Å². The van der Waals surface area contributed by atoms with Crippen LogP contribution in [0.3, 0.4) is 0 Å². The van der Waals surface area contributed by atoms with E-state index in [1.165, 1.54) is 0 Å². The van der Waals surface area contributed by atoms with Crippen molar-refractivity contribution < 1.29 is 14.4 Å². The van der Waals surface area contributed by atoms with Gasteiger partial charge in [0, 0.05) is 89.1 Å². The predicted octanol–water partition coefficient (Wildman–Crippen LogP) is 4.70. The fourth-order valence-electron chi connectivity index (χ4n) is 8.54. The first-order chi connectivity index (χ1) is 25.3. The van der Waals surface area contributed by atoms with Crippen molar-refractivity contribution in [3.63, 3.8) is 0 Å². The van der Waals surface area contributed by atoms with Crippen LogP contribution in [0.15, 0.2) is 54.9 Å². The normalized spacial score (nSPS) is 20.8. The molecule has 6 heterocycles. The van der Waals surface area contributed by atoms with Gasteiger partial charge in [0.1, 0.15) is 17.2 Å². The van der Waals surface area contributed by atoms with Gasteiger partial charge in [0.15, 0.2) is 0 Å². The third-order valence-electron chi connectivity index (χ3n) is 11.4. The Kier molecular flexibility index (Phi) is 9.52. The van der Waals surface area contributed by atoms with Crippen LogP contribution in [-0.2, 0) is 9.59 Å². The van der Waals surface area contributed by atoms with Gasteiger partial charge >= 0.3 is 0 Å². The van der Waals surface area contributed by atoms with Crippen LogP contribution in [0, 0.1) is 0 Å². The number of hydrogen-bond acceptors (Lipinski definition) is 10. The summed E-state index contributed by atoms with van der Waals surface area (Å²) in [5.41, 5.74) is 4.71. The lowest BCUT2D eigenvalue weighted by molar-refractivity contribution is -0.134. The Bertz CT molecular complexity index is 1940. The van der Waals surface area contributed by atoms with Gasteiger partial charge in [-0.3, -0.25) is 24.6 Å². The number of imide groups is 1. The van der Waals surface area contributed by atoms with Crippen molar-refractivity contribution >= 4 is 51.9 Å². The number of pyridine rings is 1. The molecule has 3 amide bonds. The van der Waals surface area contributed by atoms with E-state index in [1.807, 2.05) is 30.5 Å². The zero-order valence-corrected chi connectivity index (χ0v) is 30.1. The minimum absolute atomic E-state index is 0.0191. The minimum atomic E-state index is -0.256. The van der Waals surface area contributed by atoms with E-state index in [0.717, 1.165) is 106 Å². The third kappa shape index (κ3) is 6.93. The molecule has 13 nitrogen and oxygen atoms in total. The lowest BCUT2D eigenvalue weighted by Crippen LogP contribution is -2.53. The van der Waals surface area contributed by atoms with Gasteiger partial charge in [-0.2, -0.15) is 4.98 Å². The first-order valence-corrected chi connectivity index (χ1v) is 18.8. The molecule has 2 N–H and O–H groups in total. The first-order valence-electron chi connectivity index (χ1n) is 18.8. The lowest BCUT2D eigenvalue weighted by atomic mass is 9.90. The maximum absolute atomic E-state index is 13.1. The highest BCUT2D eigenvalue weighted by molar-refractivity contribution is 6.01. The number of piperazine rings is 1. The van der Waals surface area contributed by atoms with Gasteiger partial charge in [-0.05, 0) is 68.0 Å². The number of hydrogen-bond donors (Lipinski definition) is 2. The van der Waals surface area contributed by atoms with Crippen LogP contribution < -0.4 is 20.4 Å². The Balaban J connectivity index is 0.852. The van der Waals surface area contributed by atoms with E-state index in [-0.39, 0.29) is 29.7 Å². The molecule has 4 fully saturated rings. The molecule has 3 saturated heterocycles. The van der Waals surface area contributed by atoms with Crippen molar-refractivity contribution in [2.24, 2.45) is 0 Å². The fourth-order valence-corrected chi connectivity index (χ4v) is 8.54. The van der Waals surface area contributed by atoms with Crippen LogP contribution in [0.5, 0.6) is 0 Å². The van der Waals surface area contributed by atoms with Crippen LogP contribution >= 0.6 is 0 Å². The molecule has 13 heteroatoms. The molecule has 0 spiro atoms. The van der Waals surface area contributed by atoms with Crippen molar-refractivity contribution in [3.8, 4) is 0 Å². The monoisotopic (exact) mass is 704 g/mol. The van der Waals surface area contributed by atoms with Gasteiger partial charge in [-0.15, -0.1) is 0 Å². The van der Waals surface area contributed by atoms with Crippen molar-refractivity contribution in [1.29, 1.82) is 0 Å². The van der Waals surface area contributed by atoms with Crippen molar-refractivity contribution in [2.45, 2.75) is 69.4 Å². The van der Waals surface area contributed by atoms with E-state index in [9.17, 15) is 14.4 Å². The summed E-state index contributed by atoms with van der Waals surface area (Å²) in [4.78, 5) is 60.4. The molecule has 1 atom stereocenters. The summed E-state index contributed by atoms with van der Waals surface area (Å²) in [7, 11) is 3.57. The van der Waals surface area contributed by atoms with Crippen LogP contribution in [0.25, 0.3) is 11.0 Å². The van der Waals surface area contributed by atoms with Crippen LogP contribution in [0.1, 0.15) is 79.4 Å². The van der Waals surface area contributed by atoms with E-state index in [2.05, 4.69) is 53.1 Å². The number of carbonyl (C=O) groups excluding carboxylic acids is 3. The van der Waals surface area contributed by atoms with Gasteiger partial charge < -0.3 is 24.6 Å². The molecule has 0 radical (unpaired) electrons. The zero-order chi connectivity index (χ0) is 35.8. The summed E-state index contributed by atoms with van der Waals surface area (Å²) in [5.74, 6) is 0.514. The van der Waals surface area contributed by atoms with Crippen LogP contribution in [0.4, 0.5) is 23.1 Å². The topological polar surface area (TPSA) is 132 Å². The van der Waals surface area contributed by atoms with Gasteiger partial charge in [-0.1, -0.05) is 25.0 Å². The Morgan fingerprint density at radius 1 is 0.827 bits per heavy atom. The quantitative estimate of drug-likeness (QED) is 0.249. The number of fused-ring (bicyclic) bond motifs is 1. The number of nitrogens with one attached hydrogen (secondary N) is 2. The van der Waals surface area contributed by atoms with Gasteiger partial charge in [0.05, 0.1) is 17.8 Å². The maximum atomic E-state index is 13.1. The minimum Gasteiger partial charge on any atom is -0.371 e. The second kappa shape index (κ2) is 14.5. The molecule has 4 aliphatic rings. The Morgan fingerprint density at radius 3 is 2.31 bits per heavy atom. The number of nitrogens with zero attached hydrogens (tertiary/aromatic N) is 8. The number of piperidine rings is 2. The summed E-state index contributed by atoms with van der Waals surface area (Å²) in [5, 5.41) is 6.65. The van der Waals surface area contributed by atoms with Crippen molar-refractivity contribution in [3.05, 3.63) is 66.1 Å². The molecular formula is C39H48N10O3. The highest BCUT2D eigenvalue weighted by Crippen LogP contribution is 2.35. The van der Waals surface area contributed by atoms with Gasteiger partial charge in [-0.25, -0.2) is 9.97 Å². The van der Waals surface area contributed by atoms with Crippen molar-refractivity contribution in [1.82, 2.24) is 34.6 Å². The molecule has 52 heavy (non-hydrogen) atoms. The molecule has 0 bridgehead atoms. The number of benzene rings is 1. The second-order valence-corrected chi connectivity index (χ2v) is 14.9. The predicted molar refractivity (Wildman–Crippen MR) is 201 cm³/mol. The maximum Gasteiger partial charge on any atom is 0.270 e. The largest absolute Gasteiger partial charge is 0.371 e. The highest BCUT2D eigenvalue weighted by Gasteiger charge is 2.31. The Morgan fingerprint density at radius 2 is 1.60 bits per heavy atom. The number of rotatable bonds is 8. The summed E-state index contributed by atoms with van der Waals surface area (Å²) >= 11 is 0. The van der Waals surface area contributed by atoms with E-state index in [4.69, 9.17) is 9.97 Å². The molecule has 1 unspecified atom stereocenters. The molecule has 3 aromatic heterocycles. The molecule has 4 aromatic rings. The average molecular weight is 705 g/mol. The Labute approximate surface area is 304 Å². The Hall–Kier alpha value is -5.04. The number of anilines is 4. The first kappa shape index (κ1) is 34.1. The van der Waals surface area contributed by atoms with E-state index >= 15 is 0 Å². The average Bonchev–Trinajstić information content (AvgIpc) is 3.83. The third-order valence-corrected chi connectivity index (χ3v) is 11.4. The number of carbonyl (C=O) groups is 3. The molecule has 3 aliphatic heterocycles. The summed E-state index contributed by atoms with van der Waals surface area (Å²) < 4.78 is 2.13. The molecular weight excluding hydrogens is 656 g/mol. The van der Waals surface area contributed by atoms with E-state index in [0.29, 0.717) is 36.3 Å². The molecule has 1 aliphatic carbocycles. The van der Waals surface area contributed by atoms with Gasteiger partial charge in [0.2, 0.25) is 17.8 Å². The van der Waals surface area contributed by atoms with Gasteiger partial charge in [0.25, 0.3) is 5.91 Å². The lowest BCUT2D eigenvalue weighted by Gasteiger charge is -2.43. The second-order valence-electron chi connectivity index (χ2n) is 14.9. The molecule has 272 valence electrons. The number of amides is 3. The summed E-state index contributed by atoms with van der Waals surface area (Å²) in [6, 6.07) is 15.2. The smallest absolute Gasteiger partial charge is 0.270 e. The summed E-state index contributed by atoms with van der Waals surface area (Å²) in [6.45, 7) is 5.91. The SMILES string of the molecule is CN(C)C(=O)c1cc2cnc(Nc3ccc(N4CCN(C5CCN(c6cccc(C7CCC(=O)NC7=O)c6)CC5)CC4)cn3)nc2n1C1CCCC1. The molecule has 8 rings (SSSR count). The van der Waals surface area contributed by atoms with E-state index in [1.54, 1.807) is 25.2 Å². The highest BCUT2D eigenvalue weighted by atomic mass is 16.2. The van der Waals surface area contributed by atoms with Crippen LogP contribution in [0.2, 0.25) is 0 Å². The fraction of sp³-hybridized carbons (Fsp3) is 0.487. The van der Waals surface area contributed by atoms with Crippen molar-refractivity contribution in [2.75, 3.05) is 68.5 Å². The zero-order valence-electron chi connectivity index (χ0n) is 30.1. The summed E-state index contributed by atoms with van der Waals surface area (Å²) in [6.07, 6.45) is 11.3. The molecule has 1 saturated carbocycles. The molecule has 1 aromatic carbocycles.